The normalized spacial score (nSPS) is 21.8. The number of carbonyl (C=O) groups is 1. The predicted octanol–water partition coefficient (Wildman–Crippen LogP) is 4.19. The lowest BCUT2D eigenvalue weighted by Gasteiger charge is -2.30. The maximum atomic E-state index is 13.3. The van der Waals surface area contributed by atoms with Crippen molar-refractivity contribution in [3.05, 3.63) is 58.7 Å². The molecule has 2 aromatic carbocycles. The summed E-state index contributed by atoms with van der Waals surface area (Å²) in [6.45, 7) is 3.56. The minimum absolute atomic E-state index is 0.0258. The highest BCUT2D eigenvalue weighted by Crippen LogP contribution is 2.43. The van der Waals surface area contributed by atoms with Crippen LogP contribution in [-0.4, -0.2) is 28.9 Å². The van der Waals surface area contributed by atoms with E-state index in [1.807, 2.05) is 31.2 Å². The van der Waals surface area contributed by atoms with Crippen LogP contribution in [0.1, 0.15) is 33.5 Å². The molecule has 2 aliphatic heterocycles. The van der Waals surface area contributed by atoms with Gasteiger partial charge in [0.15, 0.2) is 5.60 Å². The van der Waals surface area contributed by atoms with Crippen molar-refractivity contribution in [2.24, 2.45) is 4.99 Å². The Morgan fingerprint density at radius 2 is 1.93 bits per heavy atom. The number of hydrogen-bond donors (Lipinski definition) is 1. The monoisotopic (exact) mass is 374 g/mol. The van der Waals surface area contributed by atoms with Gasteiger partial charge in [0, 0.05) is 24.2 Å². The molecule has 1 N–H and O–H groups in total. The van der Waals surface area contributed by atoms with E-state index in [9.17, 15) is 23.1 Å². The van der Waals surface area contributed by atoms with E-state index in [1.54, 1.807) is 4.90 Å². The maximum Gasteiger partial charge on any atom is 0.416 e. The molecule has 0 aliphatic carbocycles. The van der Waals surface area contributed by atoms with Crippen LogP contribution in [0.4, 0.5) is 24.5 Å². The number of carbonyl (C=O) groups excluding carboxylic acids is 1. The topological polar surface area (TPSA) is 52.9 Å². The summed E-state index contributed by atoms with van der Waals surface area (Å²) in [6.07, 6.45) is -4.40. The molecule has 0 radical (unpaired) electrons. The van der Waals surface area contributed by atoms with E-state index in [1.165, 1.54) is 13.0 Å². The number of rotatable bonds is 1. The number of alkyl halides is 3. The van der Waals surface area contributed by atoms with E-state index >= 15 is 0 Å². The van der Waals surface area contributed by atoms with Gasteiger partial charge in [-0.2, -0.15) is 13.2 Å². The summed E-state index contributed by atoms with van der Waals surface area (Å²) in [4.78, 5) is 18.9. The van der Waals surface area contributed by atoms with Crippen LogP contribution in [0.5, 0.6) is 0 Å². The Morgan fingerprint density at radius 3 is 2.59 bits per heavy atom. The average molecular weight is 374 g/mol. The molecule has 1 saturated heterocycles. The molecule has 140 valence electrons. The highest BCUT2D eigenvalue weighted by Gasteiger charge is 2.52. The average Bonchev–Trinajstić information content (AvgIpc) is 2.93. The number of aryl methyl sites for hydroxylation is 2. The number of benzene rings is 2. The fourth-order valence-electron chi connectivity index (χ4n) is 3.74. The van der Waals surface area contributed by atoms with Crippen LogP contribution in [0.15, 0.2) is 41.4 Å². The van der Waals surface area contributed by atoms with Gasteiger partial charge in [-0.15, -0.1) is 0 Å². The van der Waals surface area contributed by atoms with E-state index in [0.29, 0.717) is 6.54 Å². The highest BCUT2D eigenvalue weighted by molar-refractivity contribution is 6.28. The second-order valence-corrected chi connectivity index (χ2v) is 7.05. The number of anilines is 1. The zero-order valence-electron chi connectivity index (χ0n) is 14.8. The summed E-state index contributed by atoms with van der Waals surface area (Å²) in [5.74, 6) is -0.517. The summed E-state index contributed by atoms with van der Waals surface area (Å²) in [6, 6.07) is 9.51. The number of aliphatic imine (C=N–C) groups is 1. The molecule has 0 saturated carbocycles. The summed E-state index contributed by atoms with van der Waals surface area (Å²) in [5, 5.41) is 11.0. The largest absolute Gasteiger partial charge is 0.416 e. The second-order valence-electron chi connectivity index (χ2n) is 7.05. The number of fused-ring (bicyclic) bond motifs is 2. The number of hydrogen-bond acceptors (Lipinski definition) is 4. The van der Waals surface area contributed by atoms with Gasteiger partial charge in [-0.1, -0.05) is 12.1 Å². The van der Waals surface area contributed by atoms with E-state index in [2.05, 4.69) is 4.99 Å². The Labute approximate surface area is 154 Å². The Balaban J connectivity index is 1.89. The number of ketones is 1. The molecule has 2 aromatic rings. The molecule has 27 heavy (non-hydrogen) atoms. The van der Waals surface area contributed by atoms with Crippen LogP contribution in [0.2, 0.25) is 0 Å². The maximum absolute atomic E-state index is 13.3. The Bertz CT molecular complexity index is 997. The number of halogens is 3. The first-order chi connectivity index (χ1) is 12.6. The van der Waals surface area contributed by atoms with Crippen LogP contribution in [0.3, 0.4) is 0 Å². The molecule has 2 heterocycles. The first kappa shape index (κ1) is 17.7. The molecule has 0 spiro atoms. The van der Waals surface area contributed by atoms with Gasteiger partial charge >= 0.3 is 6.18 Å². The molecule has 0 bridgehead atoms. The molecular formula is C20H17F3N2O2. The van der Waals surface area contributed by atoms with Gasteiger partial charge in [0.25, 0.3) is 0 Å². The van der Waals surface area contributed by atoms with Gasteiger partial charge in [-0.25, -0.2) is 4.99 Å². The van der Waals surface area contributed by atoms with Crippen molar-refractivity contribution < 1.29 is 23.1 Å². The van der Waals surface area contributed by atoms with Gasteiger partial charge in [-0.05, 0) is 49.2 Å². The molecule has 4 rings (SSSR count). The van der Waals surface area contributed by atoms with E-state index < -0.39 is 23.1 Å². The lowest BCUT2D eigenvalue weighted by Crippen LogP contribution is -2.48. The van der Waals surface area contributed by atoms with E-state index in [0.717, 1.165) is 17.3 Å². The van der Waals surface area contributed by atoms with Crippen LogP contribution in [-0.2, 0) is 6.18 Å². The Morgan fingerprint density at radius 1 is 1.19 bits per heavy atom. The van der Waals surface area contributed by atoms with Crippen molar-refractivity contribution in [1.82, 2.24) is 0 Å². The standard InChI is InChI=1S/C20H17F3N2O2/c1-11-4-3-5-13(8-11)25-7-6-19(27)17(26)14-9-12(2)15(20(21,22)23)10-16(14)24-18(19)25/h3-5,8-10,27H,6-7H2,1-2H3. The lowest BCUT2D eigenvalue weighted by atomic mass is 9.86. The summed E-state index contributed by atoms with van der Waals surface area (Å²) in [5.41, 5.74) is -1.02. The van der Waals surface area contributed by atoms with Crippen molar-refractivity contribution in [2.75, 3.05) is 11.4 Å². The molecule has 1 atom stereocenters. The van der Waals surface area contributed by atoms with Gasteiger partial charge in [0.1, 0.15) is 5.84 Å². The fraction of sp³-hybridized carbons (Fsp3) is 0.300. The SMILES string of the molecule is Cc1cccc(N2CCC3(O)C(=O)c4cc(C)c(C(F)(F)F)cc4N=C23)c1. The predicted molar refractivity (Wildman–Crippen MR) is 95.7 cm³/mol. The molecule has 4 nitrogen and oxygen atoms in total. The Hall–Kier alpha value is -2.67. The van der Waals surface area contributed by atoms with Crippen LogP contribution in [0, 0.1) is 13.8 Å². The van der Waals surface area contributed by atoms with Crippen LogP contribution >= 0.6 is 0 Å². The minimum atomic E-state index is -4.54. The third-order valence-corrected chi connectivity index (χ3v) is 5.13. The number of Topliss-reactive ketones (excluding diaryl/α,β-unsaturated/α-hetero) is 1. The second kappa shape index (κ2) is 5.66. The summed E-state index contributed by atoms with van der Waals surface area (Å²) in [7, 11) is 0. The van der Waals surface area contributed by atoms with Gasteiger partial charge in [-0.3, -0.25) is 4.79 Å². The zero-order valence-corrected chi connectivity index (χ0v) is 14.8. The third-order valence-electron chi connectivity index (χ3n) is 5.13. The van der Waals surface area contributed by atoms with Crippen LogP contribution < -0.4 is 4.90 Å². The molecule has 0 aromatic heterocycles. The third kappa shape index (κ3) is 2.65. The van der Waals surface area contributed by atoms with Crippen molar-refractivity contribution in [3.63, 3.8) is 0 Å². The van der Waals surface area contributed by atoms with Crippen LogP contribution in [0.25, 0.3) is 0 Å². The zero-order chi connectivity index (χ0) is 19.6. The minimum Gasteiger partial charge on any atom is -0.374 e. The number of amidine groups is 1. The Kier molecular flexibility index (Phi) is 3.72. The molecular weight excluding hydrogens is 357 g/mol. The quantitative estimate of drug-likeness (QED) is 0.814. The summed E-state index contributed by atoms with van der Waals surface area (Å²) >= 11 is 0. The summed E-state index contributed by atoms with van der Waals surface area (Å²) < 4.78 is 39.8. The molecule has 1 unspecified atom stereocenters. The number of nitrogens with zero attached hydrogens (tertiary/aromatic N) is 2. The molecule has 7 heteroatoms. The van der Waals surface area contributed by atoms with Crippen molar-refractivity contribution >= 4 is 23.0 Å². The number of aliphatic hydroxyl groups is 1. The molecule has 1 fully saturated rings. The fourth-order valence-corrected chi connectivity index (χ4v) is 3.74. The van der Waals surface area contributed by atoms with Crippen molar-refractivity contribution in [3.8, 4) is 0 Å². The first-order valence-electron chi connectivity index (χ1n) is 8.53. The van der Waals surface area contributed by atoms with Gasteiger partial charge < -0.3 is 10.0 Å². The van der Waals surface area contributed by atoms with E-state index in [-0.39, 0.29) is 29.1 Å². The van der Waals surface area contributed by atoms with Gasteiger partial charge in [0.05, 0.1) is 11.3 Å². The highest BCUT2D eigenvalue weighted by atomic mass is 19.4. The van der Waals surface area contributed by atoms with Gasteiger partial charge in [0.2, 0.25) is 5.78 Å². The molecule has 2 aliphatic rings. The van der Waals surface area contributed by atoms with E-state index in [4.69, 9.17) is 0 Å². The smallest absolute Gasteiger partial charge is 0.374 e. The first-order valence-corrected chi connectivity index (χ1v) is 8.53. The van der Waals surface area contributed by atoms with Crippen molar-refractivity contribution in [1.29, 1.82) is 0 Å². The molecule has 0 amide bonds. The lowest BCUT2D eigenvalue weighted by molar-refractivity contribution is -0.138. The van der Waals surface area contributed by atoms with Crippen molar-refractivity contribution in [2.45, 2.75) is 32.0 Å².